The Balaban J connectivity index is 4.08. The molecule has 8 heteroatoms. The summed E-state index contributed by atoms with van der Waals surface area (Å²) in [5.41, 5.74) is 0. The molecule has 0 saturated carbocycles. The summed E-state index contributed by atoms with van der Waals surface area (Å²) < 4.78 is 16.2. The molecule has 0 heterocycles. The molecular formula is C30H53NO7. The fourth-order valence-corrected chi connectivity index (χ4v) is 3.88. The van der Waals surface area contributed by atoms with Crippen LogP contribution in [0.25, 0.3) is 0 Å². The maximum atomic E-state index is 12.3. The van der Waals surface area contributed by atoms with Crippen LogP contribution in [0.1, 0.15) is 97.3 Å². The molecule has 0 aromatic heterocycles. The Labute approximate surface area is 231 Å². The molecule has 8 nitrogen and oxygen atoms in total. The summed E-state index contributed by atoms with van der Waals surface area (Å²) in [6.45, 7) is 3.60. The molecule has 0 saturated heterocycles. The fraction of sp³-hybridized carbons (Fsp3) is 0.767. The zero-order valence-electron chi connectivity index (χ0n) is 24.6. The monoisotopic (exact) mass is 539 g/mol. The van der Waals surface area contributed by atoms with E-state index in [-0.39, 0.29) is 36.7 Å². The first-order valence-electron chi connectivity index (χ1n) is 14.3. The molecule has 0 bridgehead atoms. The van der Waals surface area contributed by atoms with Crippen LogP contribution >= 0.6 is 0 Å². The minimum atomic E-state index is -1.14. The SMILES string of the molecule is CCCCC/C=C\C/C=C\CCCCCCCC(=O)OC(COCCC(C(=O)[O-])[N+](C)(C)C)COC(C)=O. The quantitative estimate of drug-likeness (QED) is 0.0770. The van der Waals surface area contributed by atoms with Crippen molar-refractivity contribution in [3.63, 3.8) is 0 Å². The van der Waals surface area contributed by atoms with Crippen molar-refractivity contribution in [2.45, 2.75) is 109 Å². The normalized spacial score (nSPS) is 13.6. The van der Waals surface area contributed by atoms with E-state index in [0.717, 1.165) is 44.9 Å². The number of carboxylic acids is 1. The molecule has 0 aromatic rings. The van der Waals surface area contributed by atoms with Crippen molar-refractivity contribution >= 4 is 17.9 Å². The molecule has 0 spiro atoms. The molecule has 0 amide bonds. The van der Waals surface area contributed by atoms with E-state index in [0.29, 0.717) is 6.42 Å². The Morgan fingerprint density at radius 3 is 2.03 bits per heavy atom. The van der Waals surface area contributed by atoms with Gasteiger partial charge in [-0.05, 0) is 38.5 Å². The second kappa shape index (κ2) is 22.8. The molecule has 0 aliphatic carbocycles. The number of carbonyl (C=O) groups is 3. The zero-order chi connectivity index (χ0) is 28.7. The molecule has 0 N–H and O–H groups in total. The fourth-order valence-electron chi connectivity index (χ4n) is 3.88. The first-order chi connectivity index (χ1) is 18.1. The number of ether oxygens (including phenoxy) is 3. The number of esters is 2. The third kappa shape index (κ3) is 21.9. The maximum Gasteiger partial charge on any atom is 0.306 e. The van der Waals surface area contributed by atoms with Gasteiger partial charge in [-0.25, -0.2) is 0 Å². The molecule has 2 atom stereocenters. The van der Waals surface area contributed by atoms with Gasteiger partial charge in [-0.15, -0.1) is 0 Å². The van der Waals surface area contributed by atoms with Gasteiger partial charge in [-0.2, -0.15) is 0 Å². The molecule has 2 unspecified atom stereocenters. The summed E-state index contributed by atoms with van der Waals surface area (Å²) >= 11 is 0. The minimum absolute atomic E-state index is 0.0259. The van der Waals surface area contributed by atoms with Crippen molar-refractivity contribution in [1.82, 2.24) is 0 Å². The number of likely N-dealkylation sites (N-methyl/N-ethyl adjacent to an activating group) is 1. The number of allylic oxidation sites excluding steroid dienone is 4. The highest BCUT2D eigenvalue weighted by Gasteiger charge is 2.25. The Morgan fingerprint density at radius 1 is 0.842 bits per heavy atom. The maximum absolute atomic E-state index is 12.3. The lowest BCUT2D eigenvalue weighted by Gasteiger charge is -2.34. The van der Waals surface area contributed by atoms with Gasteiger partial charge in [0.15, 0.2) is 6.10 Å². The van der Waals surface area contributed by atoms with Crippen molar-refractivity contribution in [1.29, 1.82) is 0 Å². The topological polar surface area (TPSA) is 102 Å². The molecule has 0 radical (unpaired) electrons. The standard InChI is InChI=1S/C30H53NO7/c1-6-7-8-9-10-11-12-13-14-15-16-17-18-19-20-21-29(33)38-27(25-37-26(2)32)24-36-23-22-28(30(34)35)31(3,4)5/h10-11,13-14,27-28H,6-9,12,15-25H2,1-5H3/b11-10-,14-13-. The summed E-state index contributed by atoms with van der Waals surface area (Å²) in [4.78, 5) is 34.8. The van der Waals surface area contributed by atoms with Crippen LogP contribution in [0.15, 0.2) is 24.3 Å². The second-order valence-corrected chi connectivity index (χ2v) is 10.7. The number of nitrogens with zero attached hydrogens (tertiary/aromatic N) is 1. The van der Waals surface area contributed by atoms with Gasteiger partial charge < -0.3 is 28.6 Å². The molecular weight excluding hydrogens is 486 g/mol. The van der Waals surface area contributed by atoms with Crippen LogP contribution in [-0.4, -0.2) is 75.5 Å². The molecule has 0 aliphatic rings. The average Bonchev–Trinajstić information content (AvgIpc) is 2.83. The number of carboxylic acid groups (broad SMARTS) is 1. The van der Waals surface area contributed by atoms with E-state index in [4.69, 9.17) is 14.2 Å². The van der Waals surface area contributed by atoms with Crippen LogP contribution < -0.4 is 5.11 Å². The molecule has 220 valence electrons. The van der Waals surface area contributed by atoms with E-state index in [9.17, 15) is 19.5 Å². The van der Waals surface area contributed by atoms with Crippen molar-refractivity contribution < 1.29 is 38.2 Å². The first-order valence-corrected chi connectivity index (χ1v) is 14.3. The molecule has 0 rings (SSSR count). The first kappa shape index (κ1) is 35.8. The van der Waals surface area contributed by atoms with Crippen LogP contribution in [0.4, 0.5) is 0 Å². The second-order valence-electron chi connectivity index (χ2n) is 10.7. The number of carbonyl (C=O) groups excluding carboxylic acids is 3. The van der Waals surface area contributed by atoms with Gasteiger partial charge in [0, 0.05) is 19.8 Å². The number of aliphatic carboxylic acids is 1. The van der Waals surface area contributed by atoms with Gasteiger partial charge in [-0.1, -0.05) is 63.3 Å². The predicted octanol–water partition coefficient (Wildman–Crippen LogP) is 4.51. The zero-order valence-corrected chi connectivity index (χ0v) is 24.6. The minimum Gasteiger partial charge on any atom is -0.544 e. The third-order valence-electron chi connectivity index (χ3n) is 6.15. The van der Waals surface area contributed by atoms with E-state index in [1.165, 1.54) is 32.6 Å². The Kier molecular flexibility index (Phi) is 21.5. The highest BCUT2D eigenvalue weighted by Crippen LogP contribution is 2.11. The van der Waals surface area contributed by atoms with E-state index in [1.807, 2.05) is 0 Å². The van der Waals surface area contributed by atoms with Crippen LogP contribution in [0.3, 0.4) is 0 Å². The largest absolute Gasteiger partial charge is 0.544 e. The Bertz CT molecular complexity index is 697. The van der Waals surface area contributed by atoms with Crippen molar-refractivity contribution in [3.05, 3.63) is 24.3 Å². The van der Waals surface area contributed by atoms with Gasteiger partial charge >= 0.3 is 11.9 Å². The van der Waals surface area contributed by atoms with Gasteiger partial charge in [-0.3, -0.25) is 9.59 Å². The number of rotatable bonds is 24. The smallest absolute Gasteiger partial charge is 0.306 e. The van der Waals surface area contributed by atoms with Crippen molar-refractivity contribution in [3.8, 4) is 0 Å². The lowest BCUT2D eigenvalue weighted by atomic mass is 10.1. The summed E-state index contributed by atoms with van der Waals surface area (Å²) in [6.07, 6.45) is 21.0. The van der Waals surface area contributed by atoms with Crippen LogP contribution in [-0.2, 0) is 28.6 Å². The lowest BCUT2D eigenvalue weighted by molar-refractivity contribution is -0.889. The number of hydrogen-bond donors (Lipinski definition) is 0. The van der Waals surface area contributed by atoms with E-state index < -0.39 is 24.1 Å². The van der Waals surface area contributed by atoms with Gasteiger partial charge in [0.25, 0.3) is 0 Å². The van der Waals surface area contributed by atoms with E-state index in [2.05, 4.69) is 31.2 Å². The summed E-state index contributed by atoms with van der Waals surface area (Å²) in [6, 6.07) is -0.720. The number of quaternary nitrogens is 1. The van der Waals surface area contributed by atoms with Gasteiger partial charge in [0.05, 0.1) is 40.3 Å². The van der Waals surface area contributed by atoms with E-state index in [1.54, 1.807) is 21.1 Å². The van der Waals surface area contributed by atoms with Gasteiger partial charge in [0.1, 0.15) is 12.6 Å². The summed E-state index contributed by atoms with van der Waals surface area (Å²) in [5, 5.41) is 11.4. The number of unbranched alkanes of at least 4 members (excludes halogenated alkanes) is 8. The van der Waals surface area contributed by atoms with Crippen molar-refractivity contribution in [2.75, 3.05) is 41.0 Å². The van der Waals surface area contributed by atoms with Crippen molar-refractivity contribution in [2.24, 2.45) is 0 Å². The molecule has 0 aromatic carbocycles. The Hall–Kier alpha value is -2.19. The van der Waals surface area contributed by atoms with Crippen LogP contribution in [0, 0.1) is 0 Å². The van der Waals surface area contributed by atoms with Crippen LogP contribution in [0.5, 0.6) is 0 Å². The molecule has 38 heavy (non-hydrogen) atoms. The Morgan fingerprint density at radius 2 is 1.45 bits per heavy atom. The highest BCUT2D eigenvalue weighted by molar-refractivity contribution is 5.70. The summed E-state index contributed by atoms with van der Waals surface area (Å²) in [5.74, 6) is -1.96. The van der Waals surface area contributed by atoms with E-state index >= 15 is 0 Å². The summed E-state index contributed by atoms with van der Waals surface area (Å²) in [7, 11) is 5.33. The predicted molar refractivity (Wildman–Crippen MR) is 148 cm³/mol. The molecule has 0 fully saturated rings. The lowest BCUT2D eigenvalue weighted by Crippen LogP contribution is -2.55. The third-order valence-corrected chi connectivity index (χ3v) is 6.15. The van der Waals surface area contributed by atoms with Gasteiger partial charge in [0.2, 0.25) is 0 Å². The molecule has 0 aliphatic heterocycles. The number of hydrogen-bond acceptors (Lipinski definition) is 7. The van der Waals surface area contributed by atoms with Crippen LogP contribution in [0.2, 0.25) is 0 Å². The highest BCUT2D eigenvalue weighted by atomic mass is 16.6. The average molecular weight is 540 g/mol.